The smallest absolute Gasteiger partial charge is 0.204 e. The van der Waals surface area contributed by atoms with Crippen LogP contribution in [-0.2, 0) is 19.2 Å². The van der Waals surface area contributed by atoms with E-state index in [0.29, 0.717) is 12.3 Å². The zero-order valence-electron chi connectivity index (χ0n) is 12.6. The second kappa shape index (κ2) is 5.21. The molecule has 116 valence electrons. The van der Waals surface area contributed by atoms with Gasteiger partial charge in [-0.2, -0.15) is 0 Å². The number of hydrogen-bond acceptors (Lipinski definition) is 5. The van der Waals surface area contributed by atoms with Crippen molar-refractivity contribution in [2.75, 3.05) is 13.7 Å². The maximum Gasteiger partial charge on any atom is 0.204 e. The molecule has 0 radical (unpaired) electrons. The van der Waals surface area contributed by atoms with Crippen LogP contribution < -0.4 is 0 Å². The monoisotopic (exact) mass is 286 g/mol. The Labute approximate surface area is 120 Å². The van der Waals surface area contributed by atoms with Crippen LogP contribution in [0.2, 0.25) is 0 Å². The Balaban J connectivity index is 2.00. The van der Waals surface area contributed by atoms with Gasteiger partial charge in [0, 0.05) is 19.6 Å². The highest BCUT2D eigenvalue weighted by Gasteiger charge is 2.65. The van der Waals surface area contributed by atoms with E-state index in [1.165, 1.54) is 6.42 Å². The molecule has 0 aromatic carbocycles. The van der Waals surface area contributed by atoms with E-state index in [9.17, 15) is 5.11 Å². The van der Waals surface area contributed by atoms with Crippen LogP contribution in [-0.4, -0.2) is 36.5 Å². The molecule has 5 nitrogen and oxygen atoms in total. The largest absolute Gasteiger partial charge is 0.396 e. The van der Waals surface area contributed by atoms with Gasteiger partial charge in [-0.3, -0.25) is 0 Å². The summed E-state index contributed by atoms with van der Waals surface area (Å²) in [5, 5.41) is 9.39. The zero-order chi connectivity index (χ0) is 14.4. The Morgan fingerprint density at radius 3 is 2.80 bits per heavy atom. The molecule has 0 aromatic rings. The number of aliphatic hydroxyl groups is 1. The highest BCUT2D eigenvalue weighted by atomic mass is 17.3. The molecule has 1 aliphatic carbocycles. The lowest BCUT2D eigenvalue weighted by atomic mass is 9.65. The molecule has 5 heteroatoms. The first-order valence-electron chi connectivity index (χ1n) is 7.75. The van der Waals surface area contributed by atoms with Gasteiger partial charge in [0.05, 0.1) is 0 Å². The summed E-state index contributed by atoms with van der Waals surface area (Å²) < 4.78 is 11.8. The molecule has 6 atom stereocenters. The van der Waals surface area contributed by atoms with Gasteiger partial charge in [-0.05, 0) is 44.4 Å². The van der Waals surface area contributed by atoms with Gasteiger partial charge in [-0.1, -0.05) is 13.3 Å². The van der Waals surface area contributed by atoms with Crippen LogP contribution in [0.25, 0.3) is 0 Å². The molecule has 3 heterocycles. The first kappa shape index (κ1) is 14.7. The summed E-state index contributed by atoms with van der Waals surface area (Å²) in [6.07, 6.45) is 4.59. The van der Waals surface area contributed by atoms with E-state index >= 15 is 0 Å². The highest BCUT2D eigenvalue weighted by Crippen LogP contribution is 2.56. The second-order valence-corrected chi connectivity index (χ2v) is 6.70. The lowest BCUT2D eigenvalue weighted by Gasteiger charge is -2.53. The fraction of sp³-hybridized carbons (Fsp3) is 1.00. The number of methoxy groups -OCH3 is 1. The first-order chi connectivity index (χ1) is 9.56. The number of aliphatic hydroxyl groups excluding tert-OH is 1. The van der Waals surface area contributed by atoms with Gasteiger partial charge in [0.15, 0.2) is 11.9 Å². The summed E-state index contributed by atoms with van der Waals surface area (Å²) in [4.78, 5) is 11.7. The fourth-order valence-corrected chi connectivity index (χ4v) is 4.33. The minimum absolute atomic E-state index is 0.158. The van der Waals surface area contributed by atoms with Gasteiger partial charge in [-0.25, -0.2) is 9.78 Å². The SMILES string of the molecule is COC1O[C@]2(C)OO[C@]13[C@H](CCO)CCC[C@@H]3CC2C. The lowest BCUT2D eigenvalue weighted by Crippen LogP contribution is -2.63. The fourth-order valence-electron chi connectivity index (χ4n) is 4.33. The van der Waals surface area contributed by atoms with E-state index in [0.717, 1.165) is 19.3 Å². The van der Waals surface area contributed by atoms with Crippen LogP contribution in [0.15, 0.2) is 0 Å². The Hall–Kier alpha value is -0.200. The molecule has 3 aliphatic heterocycles. The molecule has 3 saturated heterocycles. The summed E-state index contributed by atoms with van der Waals surface area (Å²) in [6, 6.07) is 0. The molecular formula is C15H26O5. The van der Waals surface area contributed by atoms with Crippen LogP contribution in [0.3, 0.4) is 0 Å². The molecule has 4 aliphatic rings. The van der Waals surface area contributed by atoms with Crippen molar-refractivity contribution in [3.05, 3.63) is 0 Å². The van der Waals surface area contributed by atoms with E-state index in [1.807, 2.05) is 6.92 Å². The van der Waals surface area contributed by atoms with Crippen molar-refractivity contribution in [2.45, 2.75) is 63.6 Å². The third-order valence-electron chi connectivity index (χ3n) is 5.67. The van der Waals surface area contributed by atoms with Crippen LogP contribution >= 0.6 is 0 Å². The van der Waals surface area contributed by atoms with Crippen LogP contribution in [0, 0.1) is 17.8 Å². The van der Waals surface area contributed by atoms with Gasteiger partial charge in [-0.15, -0.1) is 0 Å². The van der Waals surface area contributed by atoms with Crippen molar-refractivity contribution < 1.29 is 24.4 Å². The minimum Gasteiger partial charge on any atom is -0.396 e. The van der Waals surface area contributed by atoms with Gasteiger partial charge in [0.25, 0.3) is 0 Å². The molecule has 0 aromatic heterocycles. The maximum absolute atomic E-state index is 9.39. The Kier molecular flexibility index (Phi) is 3.84. The van der Waals surface area contributed by atoms with Crippen molar-refractivity contribution in [3.63, 3.8) is 0 Å². The quantitative estimate of drug-likeness (QED) is 0.806. The van der Waals surface area contributed by atoms with Crippen molar-refractivity contribution in [3.8, 4) is 0 Å². The standard InChI is InChI=1S/C15H26O5/c1-10-9-12-6-4-5-11(7-8-16)15(12)13(17-3)18-14(10,2)19-20-15/h10-13,16H,4-9H2,1-3H3/t10?,11-,12+,13?,14+,15-/m0/s1. The summed E-state index contributed by atoms with van der Waals surface area (Å²) in [7, 11) is 1.67. The summed E-state index contributed by atoms with van der Waals surface area (Å²) in [6.45, 7) is 4.23. The maximum atomic E-state index is 9.39. The number of ether oxygens (including phenoxy) is 2. The van der Waals surface area contributed by atoms with Gasteiger partial charge in [0.2, 0.25) is 5.79 Å². The molecule has 20 heavy (non-hydrogen) atoms. The highest BCUT2D eigenvalue weighted by molar-refractivity contribution is 5.04. The Morgan fingerprint density at radius 2 is 2.10 bits per heavy atom. The van der Waals surface area contributed by atoms with E-state index in [2.05, 4.69) is 6.92 Å². The van der Waals surface area contributed by atoms with E-state index in [1.54, 1.807) is 7.11 Å². The lowest BCUT2D eigenvalue weighted by molar-refractivity contribution is -0.560. The molecule has 4 rings (SSSR count). The van der Waals surface area contributed by atoms with E-state index in [4.69, 9.17) is 19.2 Å². The van der Waals surface area contributed by atoms with E-state index < -0.39 is 17.7 Å². The van der Waals surface area contributed by atoms with Gasteiger partial charge >= 0.3 is 0 Å². The van der Waals surface area contributed by atoms with Gasteiger partial charge in [0.1, 0.15) is 0 Å². The average Bonchev–Trinajstić information content (AvgIpc) is 2.61. The summed E-state index contributed by atoms with van der Waals surface area (Å²) in [5.74, 6) is 0.0815. The third-order valence-corrected chi connectivity index (χ3v) is 5.67. The van der Waals surface area contributed by atoms with Crippen LogP contribution in [0.1, 0.15) is 46.0 Å². The molecule has 1 N–H and O–H groups in total. The topological polar surface area (TPSA) is 57.2 Å². The average molecular weight is 286 g/mol. The van der Waals surface area contributed by atoms with Crippen molar-refractivity contribution in [1.82, 2.24) is 0 Å². The summed E-state index contributed by atoms with van der Waals surface area (Å²) in [5.41, 5.74) is -0.569. The predicted molar refractivity (Wildman–Crippen MR) is 71.5 cm³/mol. The summed E-state index contributed by atoms with van der Waals surface area (Å²) >= 11 is 0. The predicted octanol–water partition coefficient (Wildman–Crippen LogP) is 2.23. The molecular weight excluding hydrogens is 260 g/mol. The van der Waals surface area contributed by atoms with Gasteiger partial charge < -0.3 is 14.6 Å². The zero-order valence-corrected chi connectivity index (χ0v) is 12.6. The minimum atomic E-state index is -0.743. The molecule has 1 spiro atoms. The third kappa shape index (κ3) is 1.95. The normalized spacial score (nSPS) is 51.6. The first-order valence-corrected chi connectivity index (χ1v) is 7.75. The van der Waals surface area contributed by atoms with Crippen LogP contribution in [0.5, 0.6) is 0 Å². The number of rotatable bonds is 3. The molecule has 0 amide bonds. The van der Waals surface area contributed by atoms with Crippen molar-refractivity contribution in [2.24, 2.45) is 17.8 Å². The van der Waals surface area contributed by atoms with Crippen molar-refractivity contribution >= 4 is 0 Å². The van der Waals surface area contributed by atoms with Crippen molar-refractivity contribution in [1.29, 1.82) is 0 Å². The van der Waals surface area contributed by atoms with E-state index in [-0.39, 0.29) is 18.4 Å². The molecule has 1 saturated carbocycles. The Bertz CT molecular complexity index is 356. The molecule has 2 unspecified atom stereocenters. The molecule has 4 fully saturated rings. The number of hydrogen-bond donors (Lipinski definition) is 1. The molecule has 2 bridgehead atoms. The Morgan fingerprint density at radius 1 is 1.30 bits per heavy atom. The number of fused-ring (bicyclic) bond motifs is 3. The second-order valence-electron chi connectivity index (χ2n) is 6.70. The van der Waals surface area contributed by atoms with Crippen LogP contribution in [0.4, 0.5) is 0 Å².